The van der Waals surface area contributed by atoms with Gasteiger partial charge in [0.25, 0.3) is 0 Å². The minimum Gasteiger partial charge on any atom is -0.508 e. The molecule has 0 aliphatic carbocycles. The van der Waals surface area contributed by atoms with E-state index in [1.165, 1.54) is 0 Å². The Bertz CT molecular complexity index is 1140. The molecular weight excluding hydrogens is 384 g/mol. The minimum atomic E-state index is 0.275. The number of aromatic nitrogens is 1. The lowest BCUT2D eigenvalue weighted by atomic mass is 9.99. The number of halogens is 1. The molecule has 0 saturated heterocycles. The standard InChI is InChI=1S/C24H21ClN2O2/c1-29-20-6-2-16(3-7-20)14-26-15-18-12-17(4-9-24(18)28)21-10-11-27-23-13-19(25)5-8-22(21)23/h2-13,26,28H,14-15H2,1H3. The Kier molecular flexibility index (Phi) is 5.65. The maximum atomic E-state index is 10.3. The number of benzene rings is 3. The van der Waals surface area contributed by atoms with Crippen molar-refractivity contribution in [1.29, 1.82) is 0 Å². The van der Waals surface area contributed by atoms with Crippen LogP contribution in [0.1, 0.15) is 11.1 Å². The number of phenols is 1. The molecule has 5 heteroatoms. The lowest BCUT2D eigenvalue weighted by Crippen LogP contribution is -2.12. The monoisotopic (exact) mass is 404 g/mol. The summed E-state index contributed by atoms with van der Waals surface area (Å²) in [7, 11) is 1.66. The Balaban J connectivity index is 1.55. The van der Waals surface area contributed by atoms with Gasteiger partial charge in [-0.15, -0.1) is 0 Å². The van der Waals surface area contributed by atoms with E-state index in [2.05, 4.69) is 10.3 Å². The average Bonchev–Trinajstić information content (AvgIpc) is 2.75. The highest BCUT2D eigenvalue weighted by Crippen LogP contribution is 2.31. The highest BCUT2D eigenvalue weighted by molar-refractivity contribution is 6.31. The second-order valence-electron chi connectivity index (χ2n) is 6.82. The van der Waals surface area contributed by atoms with Crippen molar-refractivity contribution >= 4 is 22.5 Å². The number of hydrogen-bond donors (Lipinski definition) is 2. The fraction of sp³-hybridized carbons (Fsp3) is 0.125. The first-order valence-corrected chi connectivity index (χ1v) is 9.72. The summed E-state index contributed by atoms with van der Waals surface area (Å²) in [6, 6.07) is 21.3. The number of pyridine rings is 1. The summed E-state index contributed by atoms with van der Waals surface area (Å²) >= 11 is 6.10. The third kappa shape index (κ3) is 4.34. The van der Waals surface area contributed by atoms with E-state index in [4.69, 9.17) is 16.3 Å². The molecule has 4 rings (SSSR count). The molecule has 1 heterocycles. The molecule has 0 amide bonds. The molecular formula is C24H21ClN2O2. The van der Waals surface area contributed by atoms with E-state index in [1.807, 2.05) is 60.7 Å². The molecule has 0 aliphatic heterocycles. The van der Waals surface area contributed by atoms with Gasteiger partial charge in [-0.25, -0.2) is 0 Å². The van der Waals surface area contributed by atoms with Gasteiger partial charge in [-0.1, -0.05) is 35.9 Å². The molecule has 1 aromatic heterocycles. The number of ether oxygens (including phenoxy) is 1. The van der Waals surface area contributed by atoms with Crippen molar-refractivity contribution in [3.05, 3.63) is 89.1 Å². The Hall–Kier alpha value is -3.08. The Morgan fingerprint density at radius 3 is 2.59 bits per heavy atom. The average molecular weight is 405 g/mol. The van der Waals surface area contributed by atoms with E-state index in [9.17, 15) is 5.11 Å². The minimum absolute atomic E-state index is 0.275. The summed E-state index contributed by atoms with van der Waals surface area (Å²) in [4.78, 5) is 4.41. The molecule has 2 N–H and O–H groups in total. The van der Waals surface area contributed by atoms with Crippen LogP contribution < -0.4 is 10.1 Å². The number of fused-ring (bicyclic) bond motifs is 1. The zero-order valence-corrected chi connectivity index (χ0v) is 16.8. The zero-order valence-electron chi connectivity index (χ0n) is 16.0. The topological polar surface area (TPSA) is 54.4 Å². The van der Waals surface area contributed by atoms with Crippen molar-refractivity contribution in [3.8, 4) is 22.6 Å². The van der Waals surface area contributed by atoms with Crippen molar-refractivity contribution in [2.75, 3.05) is 7.11 Å². The molecule has 0 atom stereocenters. The molecule has 29 heavy (non-hydrogen) atoms. The van der Waals surface area contributed by atoms with Crippen LogP contribution in [-0.4, -0.2) is 17.2 Å². The van der Waals surface area contributed by atoms with E-state index in [1.54, 1.807) is 19.4 Å². The third-order valence-corrected chi connectivity index (χ3v) is 5.13. The van der Waals surface area contributed by atoms with Gasteiger partial charge in [0, 0.05) is 35.3 Å². The Labute approximate surface area is 174 Å². The smallest absolute Gasteiger partial charge is 0.120 e. The van der Waals surface area contributed by atoms with Gasteiger partial charge in [0.1, 0.15) is 11.5 Å². The SMILES string of the molecule is COc1ccc(CNCc2cc(-c3ccnc4cc(Cl)ccc34)ccc2O)cc1. The summed E-state index contributed by atoms with van der Waals surface area (Å²) in [5, 5.41) is 15.4. The molecule has 0 aliphatic rings. The van der Waals surface area contributed by atoms with Crippen molar-refractivity contribution in [3.63, 3.8) is 0 Å². The van der Waals surface area contributed by atoms with Crippen LogP contribution in [-0.2, 0) is 13.1 Å². The number of hydrogen-bond acceptors (Lipinski definition) is 4. The molecule has 4 nitrogen and oxygen atoms in total. The molecule has 0 radical (unpaired) electrons. The van der Waals surface area contributed by atoms with Gasteiger partial charge in [-0.05, 0) is 59.2 Å². The highest BCUT2D eigenvalue weighted by atomic mass is 35.5. The predicted molar refractivity (Wildman–Crippen MR) is 117 cm³/mol. The van der Waals surface area contributed by atoms with Crippen LogP contribution >= 0.6 is 11.6 Å². The largest absolute Gasteiger partial charge is 0.508 e. The van der Waals surface area contributed by atoms with Crippen molar-refractivity contribution in [2.24, 2.45) is 0 Å². The quantitative estimate of drug-likeness (QED) is 0.441. The summed E-state index contributed by atoms with van der Waals surface area (Å²) in [5.74, 6) is 1.11. The van der Waals surface area contributed by atoms with Crippen molar-refractivity contribution < 1.29 is 9.84 Å². The molecule has 4 aromatic rings. The molecule has 3 aromatic carbocycles. The maximum Gasteiger partial charge on any atom is 0.120 e. The Morgan fingerprint density at radius 2 is 1.79 bits per heavy atom. The number of aromatic hydroxyl groups is 1. The number of phenolic OH excluding ortho intramolecular Hbond substituents is 1. The van der Waals surface area contributed by atoms with E-state index in [0.29, 0.717) is 18.1 Å². The lowest BCUT2D eigenvalue weighted by molar-refractivity contribution is 0.414. The van der Waals surface area contributed by atoms with E-state index in [0.717, 1.165) is 38.9 Å². The van der Waals surface area contributed by atoms with Gasteiger partial charge in [0.15, 0.2) is 0 Å². The summed E-state index contributed by atoms with van der Waals surface area (Å²) in [5.41, 5.74) is 4.93. The molecule has 0 bridgehead atoms. The van der Waals surface area contributed by atoms with Crippen LogP contribution in [0, 0.1) is 0 Å². The maximum absolute atomic E-state index is 10.3. The number of nitrogens with one attached hydrogen (secondary N) is 1. The van der Waals surface area contributed by atoms with Crippen LogP contribution in [0.5, 0.6) is 11.5 Å². The normalized spacial score (nSPS) is 11.0. The second-order valence-corrected chi connectivity index (χ2v) is 7.25. The van der Waals surface area contributed by atoms with Crippen LogP contribution in [0.3, 0.4) is 0 Å². The molecule has 0 unspecified atom stereocenters. The van der Waals surface area contributed by atoms with Gasteiger partial charge in [0.05, 0.1) is 12.6 Å². The molecule has 0 spiro atoms. The fourth-order valence-electron chi connectivity index (χ4n) is 3.35. The van der Waals surface area contributed by atoms with Gasteiger partial charge < -0.3 is 15.2 Å². The zero-order chi connectivity index (χ0) is 20.2. The summed E-state index contributed by atoms with van der Waals surface area (Å²) in [6.45, 7) is 1.25. The lowest BCUT2D eigenvalue weighted by Gasteiger charge is -2.11. The summed E-state index contributed by atoms with van der Waals surface area (Å²) < 4.78 is 5.19. The molecule has 0 fully saturated rings. The predicted octanol–water partition coefficient (Wildman–Crippen LogP) is 5.56. The van der Waals surface area contributed by atoms with Gasteiger partial charge in [0.2, 0.25) is 0 Å². The number of nitrogens with zero attached hydrogens (tertiary/aromatic N) is 1. The summed E-state index contributed by atoms with van der Waals surface area (Å²) in [6.07, 6.45) is 1.78. The van der Waals surface area contributed by atoms with Gasteiger partial charge in [-0.3, -0.25) is 4.98 Å². The third-order valence-electron chi connectivity index (χ3n) is 4.90. The fourth-order valence-corrected chi connectivity index (χ4v) is 3.52. The van der Waals surface area contributed by atoms with Crippen LogP contribution in [0.2, 0.25) is 5.02 Å². The van der Waals surface area contributed by atoms with Gasteiger partial charge >= 0.3 is 0 Å². The van der Waals surface area contributed by atoms with E-state index >= 15 is 0 Å². The first-order valence-electron chi connectivity index (χ1n) is 9.34. The molecule has 146 valence electrons. The van der Waals surface area contributed by atoms with Crippen LogP contribution in [0.25, 0.3) is 22.0 Å². The van der Waals surface area contributed by atoms with Crippen LogP contribution in [0.15, 0.2) is 72.9 Å². The Morgan fingerprint density at radius 1 is 0.966 bits per heavy atom. The first kappa shape index (κ1) is 19.2. The van der Waals surface area contributed by atoms with Crippen molar-refractivity contribution in [2.45, 2.75) is 13.1 Å². The highest BCUT2D eigenvalue weighted by Gasteiger charge is 2.09. The van der Waals surface area contributed by atoms with E-state index < -0.39 is 0 Å². The van der Waals surface area contributed by atoms with Crippen molar-refractivity contribution in [1.82, 2.24) is 10.3 Å². The van der Waals surface area contributed by atoms with Gasteiger partial charge in [-0.2, -0.15) is 0 Å². The van der Waals surface area contributed by atoms with E-state index in [-0.39, 0.29) is 5.75 Å². The second kappa shape index (κ2) is 8.52. The first-order chi connectivity index (χ1) is 14.1. The molecule has 0 saturated carbocycles. The number of methoxy groups -OCH3 is 1. The number of rotatable bonds is 6. The van der Waals surface area contributed by atoms with Crippen LogP contribution in [0.4, 0.5) is 0 Å².